The van der Waals surface area contributed by atoms with Gasteiger partial charge in [-0.3, -0.25) is 0 Å². The Morgan fingerprint density at radius 2 is 1.81 bits per heavy atom. The van der Waals surface area contributed by atoms with E-state index in [1.54, 1.807) is 24.3 Å². The van der Waals surface area contributed by atoms with E-state index in [-0.39, 0.29) is 10.7 Å². The molecule has 0 aliphatic carbocycles. The van der Waals surface area contributed by atoms with Crippen LogP contribution in [0.1, 0.15) is 25.3 Å². The predicted molar refractivity (Wildman–Crippen MR) is 101 cm³/mol. The third-order valence-corrected chi connectivity index (χ3v) is 4.96. The lowest BCUT2D eigenvalue weighted by atomic mass is 10.1. The molecule has 0 heterocycles. The first-order valence-electron chi connectivity index (χ1n) is 8.09. The standard InChI is InChI=1S/C18H20ClFN2O3S/c1-2-25-16-9-11-17(12-10-16)26(23,24)22-21-18(4-3-13-19)14-5-7-15(20)8-6-14/h5-12,22H,2-4,13H2,1H3. The maximum Gasteiger partial charge on any atom is 0.276 e. The highest BCUT2D eigenvalue weighted by Gasteiger charge is 2.14. The lowest BCUT2D eigenvalue weighted by Gasteiger charge is -2.09. The molecular formula is C18H20ClFN2O3S. The smallest absolute Gasteiger partial charge is 0.276 e. The molecule has 0 amide bonds. The summed E-state index contributed by atoms with van der Waals surface area (Å²) < 4.78 is 43.2. The van der Waals surface area contributed by atoms with E-state index in [0.29, 0.717) is 42.4 Å². The number of sulfonamides is 1. The molecule has 2 aromatic rings. The number of hydrogen-bond donors (Lipinski definition) is 1. The van der Waals surface area contributed by atoms with Crippen molar-refractivity contribution in [2.24, 2.45) is 5.10 Å². The van der Waals surface area contributed by atoms with Crippen molar-refractivity contribution in [1.82, 2.24) is 4.83 Å². The largest absolute Gasteiger partial charge is 0.494 e. The molecule has 0 aromatic heterocycles. The molecule has 0 aliphatic heterocycles. The maximum atomic E-state index is 13.1. The summed E-state index contributed by atoms with van der Waals surface area (Å²) in [7, 11) is -3.83. The Bertz CT molecular complexity index is 838. The van der Waals surface area contributed by atoms with Crippen LogP contribution in [0.3, 0.4) is 0 Å². The summed E-state index contributed by atoms with van der Waals surface area (Å²) in [5.41, 5.74) is 1.12. The number of ether oxygens (including phenoxy) is 1. The summed E-state index contributed by atoms with van der Waals surface area (Å²) in [4.78, 5) is 2.30. The Morgan fingerprint density at radius 1 is 1.15 bits per heavy atom. The number of halogens is 2. The first-order chi connectivity index (χ1) is 12.5. The summed E-state index contributed by atoms with van der Waals surface area (Å²) in [6.45, 7) is 2.34. The predicted octanol–water partition coefficient (Wildman–Crippen LogP) is 3.93. The van der Waals surface area contributed by atoms with Crippen LogP contribution in [0.2, 0.25) is 0 Å². The highest BCUT2D eigenvalue weighted by molar-refractivity contribution is 7.89. The monoisotopic (exact) mass is 398 g/mol. The molecule has 140 valence electrons. The fourth-order valence-electron chi connectivity index (χ4n) is 2.19. The number of alkyl halides is 1. The van der Waals surface area contributed by atoms with Gasteiger partial charge in [-0.05, 0) is 61.7 Å². The van der Waals surface area contributed by atoms with Crippen molar-refractivity contribution >= 4 is 27.3 Å². The zero-order chi connectivity index (χ0) is 19.0. The fourth-order valence-corrected chi connectivity index (χ4v) is 3.15. The third kappa shape index (κ3) is 5.71. The van der Waals surface area contributed by atoms with Crippen molar-refractivity contribution in [3.8, 4) is 5.75 Å². The van der Waals surface area contributed by atoms with Gasteiger partial charge in [0.1, 0.15) is 11.6 Å². The van der Waals surface area contributed by atoms with Crippen LogP contribution in [-0.4, -0.2) is 26.6 Å². The van der Waals surface area contributed by atoms with Crippen LogP contribution < -0.4 is 9.57 Å². The minimum Gasteiger partial charge on any atom is -0.494 e. The summed E-state index contributed by atoms with van der Waals surface area (Å²) >= 11 is 5.72. The topological polar surface area (TPSA) is 67.8 Å². The van der Waals surface area contributed by atoms with Crippen molar-refractivity contribution in [1.29, 1.82) is 0 Å². The second kappa shape index (κ2) is 9.54. The van der Waals surface area contributed by atoms with Crippen LogP contribution in [0.25, 0.3) is 0 Å². The van der Waals surface area contributed by atoms with E-state index in [1.807, 2.05) is 6.92 Å². The Balaban J connectivity index is 2.21. The van der Waals surface area contributed by atoms with Gasteiger partial charge < -0.3 is 4.74 Å². The zero-order valence-corrected chi connectivity index (χ0v) is 15.9. The number of hydrazone groups is 1. The molecule has 0 fully saturated rings. The summed E-state index contributed by atoms with van der Waals surface area (Å²) in [6.07, 6.45) is 1.07. The van der Waals surface area contributed by atoms with Crippen LogP contribution >= 0.6 is 11.6 Å². The molecule has 0 unspecified atom stereocenters. The minimum absolute atomic E-state index is 0.0699. The van der Waals surface area contributed by atoms with Crippen LogP contribution in [0.5, 0.6) is 5.75 Å². The molecule has 0 atom stereocenters. The molecule has 0 saturated heterocycles. The van der Waals surface area contributed by atoms with Gasteiger partial charge in [0.25, 0.3) is 10.0 Å². The quantitative estimate of drug-likeness (QED) is 0.395. The second-order valence-electron chi connectivity index (χ2n) is 5.36. The van der Waals surface area contributed by atoms with Crippen LogP contribution in [-0.2, 0) is 10.0 Å². The number of rotatable bonds is 9. The van der Waals surface area contributed by atoms with E-state index < -0.39 is 10.0 Å². The van der Waals surface area contributed by atoms with E-state index in [9.17, 15) is 12.8 Å². The van der Waals surface area contributed by atoms with Crippen LogP contribution in [0.15, 0.2) is 58.5 Å². The lowest BCUT2D eigenvalue weighted by molar-refractivity contribution is 0.340. The third-order valence-electron chi connectivity index (χ3n) is 3.47. The van der Waals surface area contributed by atoms with Gasteiger partial charge in [-0.2, -0.15) is 18.4 Å². The molecule has 0 saturated carbocycles. The Kier molecular flexibility index (Phi) is 7.41. The molecule has 0 spiro atoms. The summed E-state index contributed by atoms with van der Waals surface area (Å²) in [6, 6.07) is 11.7. The van der Waals surface area contributed by atoms with Crippen molar-refractivity contribution in [3.63, 3.8) is 0 Å². The second-order valence-corrected chi connectivity index (χ2v) is 7.40. The number of hydrogen-bond acceptors (Lipinski definition) is 4. The summed E-state index contributed by atoms with van der Waals surface area (Å²) in [5.74, 6) is 0.621. The van der Waals surface area contributed by atoms with Crippen LogP contribution in [0.4, 0.5) is 4.39 Å². The highest BCUT2D eigenvalue weighted by Crippen LogP contribution is 2.16. The number of benzene rings is 2. The Morgan fingerprint density at radius 3 is 2.38 bits per heavy atom. The molecule has 2 aromatic carbocycles. The van der Waals surface area contributed by atoms with Crippen molar-refractivity contribution in [2.45, 2.75) is 24.7 Å². The van der Waals surface area contributed by atoms with Gasteiger partial charge in [-0.25, -0.2) is 4.39 Å². The fraction of sp³-hybridized carbons (Fsp3) is 0.278. The van der Waals surface area contributed by atoms with Gasteiger partial charge in [0.15, 0.2) is 0 Å². The van der Waals surface area contributed by atoms with Gasteiger partial charge in [-0.15, -0.1) is 11.6 Å². The van der Waals surface area contributed by atoms with E-state index in [4.69, 9.17) is 16.3 Å². The van der Waals surface area contributed by atoms with Crippen molar-refractivity contribution < 1.29 is 17.5 Å². The van der Waals surface area contributed by atoms with Crippen molar-refractivity contribution in [3.05, 3.63) is 59.9 Å². The van der Waals surface area contributed by atoms with E-state index in [0.717, 1.165) is 0 Å². The molecule has 1 N–H and O–H groups in total. The van der Waals surface area contributed by atoms with Crippen molar-refractivity contribution in [2.75, 3.05) is 12.5 Å². The van der Waals surface area contributed by atoms with Gasteiger partial charge in [0.2, 0.25) is 0 Å². The average molecular weight is 399 g/mol. The maximum absolute atomic E-state index is 13.1. The average Bonchev–Trinajstić information content (AvgIpc) is 2.63. The molecule has 8 heteroatoms. The van der Waals surface area contributed by atoms with Gasteiger partial charge >= 0.3 is 0 Å². The first-order valence-corrected chi connectivity index (χ1v) is 10.1. The number of nitrogens with one attached hydrogen (secondary N) is 1. The number of nitrogens with zero attached hydrogens (tertiary/aromatic N) is 1. The SMILES string of the molecule is CCOc1ccc(S(=O)(=O)NN=C(CCCCl)c2ccc(F)cc2)cc1. The van der Waals surface area contributed by atoms with Gasteiger partial charge in [0.05, 0.1) is 17.2 Å². The lowest BCUT2D eigenvalue weighted by Crippen LogP contribution is -2.20. The summed E-state index contributed by atoms with van der Waals surface area (Å²) in [5, 5.41) is 4.03. The van der Waals surface area contributed by atoms with E-state index in [2.05, 4.69) is 9.93 Å². The van der Waals surface area contributed by atoms with E-state index >= 15 is 0 Å². The van der Waals surface area contributed by atoms with Crippen LogP contribution in [0, 0.1) is 5.82 Å². The molecule has 26 heavy (non-hydrogen) atoms. The normalized spacial score (nSPS) is 12.0. The van der Waals surface area contributed by atoms with Gasteiger partial charge in [0, 0.05) is 5.88 Å². The zero-order valence-electron chi connectivity index (χ0n) is 14.3. The minimum atomic E-state index is -3.83. The Hall–Kier alpha value is -2.12. The Labute approximate surface area is 157 Å². The molecule has 5 nitrogen and oxygen atoms in total. The van der Waals surface area contributed by atoms with E-state index in [1.165, 1.54) is 24.3 Å². The molecule has 2 rings (SSSR count). The van der Waals surface area contributed by atoms with Gasteiger partial charge in [-0.1, -0.05) is 12.1 Å². The molecule has 0 radical (unpaired) electrons. The molecule has 0 bridgehead atoms. The molecular weight excluding hydrogens is 379 g/mol. The first kappa shape index (κ1) is 20.2. The molecule has 0 aliphatic rings. The highest BCUT2D eigenvalue weighted by atomic mass is 35.5.